The smallest absolute Gasteiger partial charge is 0.182 e. The molecule has 3 atom stereocenters. The Labute approximate surface area is 153 Å². The largest absolute Gasteiger partial charge is 0.393 e. The van der Waals surface area contributed by atoms with Gasteiger partial charge in [0.1, 0.15) is 0 Å². The van der Waals surface area contributed by atoms with E-state index in [2.05, 4.69) is 0 Å². The van der Waals surface area contributed by atoms with Gasteiger partial charge in [0.25, 0.3) is 0 Å². The first-order valence-corrected chi connectivity index (χ1v) is 9.95. The van der Waals surface area contributed by atoms with Gasteiger partial charge in [0, 0.05) is 13.0 Å². The molecule has 0 saturated heterocycles. The van der Waals surface area contributed by atoms with E-state index in [1.807, 2.05) is 31.2 Å². The normalized spacial score (nSPS) is 25.5. The number of benzene rings is 2. The van der Waals surface area contributed by atoms with Crippen molar-refractivity contribution in [3.63, 3.8) is 0 Å². The fourth-order valence-electron chi connectivity index (χ4n) is 3.64. The van der Waals surface area contributed by atoms with Gasteiger partial charge in [-0.25, -0.2) is 8.42 Å². The maximum Gasteiger partial charge on any atom is 0.182 e. The molecule has 3 rings (SSSR count). The van der Waals surface area contributed by atoms with Crippen LogP contribution in [0.3, 0.4) is 0 Å². The van der Waals surface area contributed by atoms with Crippen LogP contribution in [-0.2, 0) is 14.6 Å². The van der Waals surface area contributed by atoms with Crippen LogP contribution in [0.25, 0.3) is 0 Å². The molecule has 25 heavy (non-hydrogen) atoms. The third-order valence-corrected chi connectivity index (χ3v) is 7.61. The van der Waals surface area contributed by atoms with E-state index in [1.54, 1.807) is 30.3 Å². The van der Waals surface area contributed by atoms with Gasteiger partial charge in [-0.05, 0) is 24.6 Å². The van der Waals surface area contributed by atoms with E-state index in [9.17, 15) is 8.42 Å². The molecule has 0 aromatic heterocycles. The first-order valence-electron chi connectivity index (χ1n) is 8.00. The van der Waals surface area contributed by atoms with E-state index < -0.39 is 20.5 Å². The zero-order valence-corrected chi connectivity index (χ0v) is 15.8. The molecule has 2 aromatic rings. The van der Waals surface area contributed by atoms with Crippen LogP contribution in [0.2, 0.25) is 0 Å². The highest BCUT2D eigenvalue weighted by Crippen LogP contribution is 2.64. The molecule has 1 fully saturated rings. The lowest BCUT2D eigenvalue weighted by Gasteiger charge is -2.16. The van der Waals surface area contributed by atoms with Crippen molar-refractivity contribution in [3.05, 3.63) is 65.7 Å². The van der Waals surface area contributed by atoms with Gasteiger partial charge in [-0.1, -0.05) is 60.2 Å². The molecular formula is C19H21NO3S2. The van der Waals surface area contributed by atoms with Crippen molar-refractivity contribution in [2.75, 3.05) is 13.7 Å². The maximum absolute atomic E-state index is 13.3. The van der Waals surface area contributed by atoms with Crippen molar-refractivity contribution in [2.24, 2.45) is 11.1 Å². The summed E-state index contributed by atoms with van der Waals surface area (Å²) in [5.41, 5.74) is 7.17. The Morgan fingerprint density at radius 3 is 2.28 bits per heavy atom. The third-order valence-electron chi connectivity index (χ3n) is 4.94. The number of aryl methyl sites for hydroxylation is 1. The minimum absolute atomic E-state index is 0.178. The Bertz CT molecular complexity index is 879. The Morgan fingerprint density at radius 1 is 1.16 bits per heavy atom. The maximum atomic E-state index is 13.3. The highest BCUT2D eigenvalue weighted by atomic mass is 32.2. The van der Waals surface area contributed by atoms with Crippen molar-refractivity contribution in [1.82, 2.24) is 0 Å². The number of nitrogens with two attached hydrogens (primary N) is 1. The SMILES string of the molecule is COC[C@@]1(C(N)=S)[C@H](S(=O)(=O)c2ccccc2)[C@@H]1c1ccc(C)cc1. The third kappa shape index (κ3) is 2.88. The minimum Gasteiger partial charge on any atom is -0.393 e. The molecule has 0 heterocycles. The summed E-state index contributed by atoms with van der Waals surface area (Å²) in [5, 5.41) is -0.720. The van der Waals surface area contributed by atoms with Crippen molar-refractivity contribution in [2.45, 2.75) is 23.0 Å². The topological polar surface area (TPSA) is 69.4 Å². The summed E-state index contributed by atoms with van der Waals surface area (Å²) >= 11 is 5.29. The summed E-state index contributed by atoms with van der Waals surface area (Å²) in [4.78, 5) is 0.468. The molecule has 0 bridgehead atoms. The highest BCUT2D eigenvalue weighted by molar-refractivity contribution is 7.92. The molecule has 2 N–H and O–H groups in total. The number of sulfone groups is 1. The lowest BCUT2D eigenvalue weighted by Crippen LogP contribution is -2.33. The molecule has 132 valence electrons. The van der Waals surface area contributed by atoms with Crippen LogP contribution >= 0.6 is 12.2 Å². The van der Waals surface area contributed by atoms with E-state index in [4.69, 9.17) is 22.7 Å². The summed E-state index contributed by atoms with van der Waals surface area (Å²) in [6.45, 7) is 2.17. The Hall–Kier alpha value is -1.76. The molecule has 6 heteroatoms. The van der Waals surface area contributed by atoms with Gasteiger partial charge in [-0.2, -0.15) is 0 Å². The molecule has 4 nitrogen and oxygen atoms in total. The fraction of sp³-hybridized carbons (Fsp3) is 0.316. The summed E-state index contributed by atoms with van der Waals surface area (Å²) in [7, 11) is -2.06. The van der Waals surface area contributed by atoms with Gasteiger partial charge < -0.3 is 10.5 Å². The molecule has 2 aromatic carbocycles. The minimum atomic E-state index is -3.60. The van der Waals surface area contributed by atoms with Gasteiger partial charge in [0.15, 0.2) is 9.84 Å². The summed E-state index contributed by atoms with van der Waals surface area (Å²) < 4.78 is 31.9. The van der Waals surface area contributed by atoms with Crippen molar-refractivity contribution < 1.29 is 13.2 Å². The van der Waals surface area contributed by atoms with Crippen molar-refractivity contribution >= 4 is 27.0 Å². The number of hydrogen-bond acceptors (Lipinski definition) is 4. The number of methoxy groups -OCH3 is 1. The predicted molar refractivity (Wildman–Crippen MR) is 102 cm³/mol. The fourth-order valence-corrected chi connectivity index (χ4v) is 6.43. The van der Waals surface area contributed by atoms with Crippen LogP contribution in [-0.4, -0.2) is 32.4 Å². The average Bonchev–Trinajstić information content (AvgIpc) is 3.28. The molecule has 0 spiro atoms. The molecule has 0 amide bonds. The van der Waals surface area contributed by atoms with E-state index in [1.165, 1.54) is 7.11 Å². The molecule has 0 radical (unpaired) electrons. The van der Waals surface area contributed by atoms with Crippen molar-refractivity contribution in [1.29, 1.82) is 0 Å². The number of thiocarbonyl (C=S) groups is 1. The molecule has 1 aliphatic rings. The van der Waals surface area contributed by atoms with E-state index in [-0.39, 0.29) is 22.4 Å². The first-order chi connectivity index (χ1) is 11.9. The standard InChI is InChI=1S/C19H21NO3S2/c1-13-8-10-14(11-9-13)16-17(19(16,12-23-2)18(20)24)25(21,22)15-6-4-3-5-7-15/h3-11,16-17H,12H2,1-2H3,(H2,20,24)/t16-,17+,19-/m0/s1. The lowest BCUT2D eigenvalue weighted by molar-refractivity contribution is 0.166. The summed E-state index contributed by atoms with van der Waals surface area (Å²) in [6, 6.07) is 16.3. The quantitative estimate of drug-likeness (QED) is 0.786. The van der Waals surface area contributed by atoms with Crippen LogP contribution < -0.4 is 5.73 Å². The van der Waals surface area contributed by atoms with Gasteiger partial charge in [-0.15, -0.1) is 0 Å². The van der Waals surface area contributed by atoms with Crippen molar-refractivity contribution in [3.8, 4) is 0 Å². The highest BCUT2D eigenvalue weighted by Gasteiger charge is 2.73. The number of rotatable bonds is 6. The predicted octanol–water partition coefficient (Wildman–Crippen LogP) is 2.85. The number of ether oxygens (including phenoxy) is 1. The van der Waals surface area contributed by atoms with Gasteiger partial charge in [0.05, 0.1) is 27.2 Å². The Balaban J connectivity index is 2.12. The molecular weight excluding hydrogens is 354 g/mol. The molecule has 0 aliphatic heterocycles. The van der Waals surface area contributed by atoms with Crippen LogP contribution in [0.1, 0.15) is 17.0 Å². The zero-order chi connectivity index (χ0) is 18.2. The second kappa shape index (κ2) is 6.52. The van der Waals surface area contributed by atoms with Crippen LogP contribution in [0.5, 0.6) is 0 Å². The van der Waals surface area contributed by atoms with Crippen LogP contribution in [0.4, 0.5) is 0 Å². The van der Waals surface area contributed by atoms with Crippen LogP contribution in [0.15, 0.2) is 59.5 Å². The average molecular weight is 376 g/mol. The van der Waals surface area contributed by atoms with E-state index in [0.717, 1.165) is 11.1 Å². The van der Waals surface area contributed by atoms with Gasteiger partial charge in [-0.3, -0.25) is 0 Å². The van der Waals surface area contributed by atoms with Crippen LogP contribution in [0, 0.1) is 12.3 Å². The second-order valence-corrected chi connectivity index (χ2v) is 9.01. The molecule has 1 saturated carbocycles. The second-order valence-electron chi connectivity index (χ2n) is 6.50. The summed E-state index contributed by atoms with van der Waals surface area (Å²) in [6.07, 6.45) is 0. The Morgan fingerprint density at radius 2 is 1.76 bits per heavy atom. The summed E-state index contributed by atoms with van der Waals surface area (Å²) in [5.74, 6) is -0.309. The monoisotopic (exact) mass is 375 g/mol. The molecule has 1 aliphatic carbocycles. The first kappa shape index (κ1) is 18.0. The Kier molecular flexibility index (Phi) is 4.70. The zero-order valence-electron chi connectivity index (χ0n) is 14.2. The van der Waals surface area contributed by atoms with E-state index in [0.29, 0.717) is 0 Å². The van der Waals surface area contributed by atoms with Gasteiger partial charge >= 0.3 is 0 Å². The molecule has 0 unspecified atom stereocenters. The lowest BCUT2D eigenvalue weighted by atomic mass is 9.99. The van der Waals surface area contributed by atoms with Gasteiger partial charge in [0.2, 0.25) is 0 Å². The number of hydrogen-bond donors (Lipinski definition) is 1. The van der Waals surface area contributed by atoms with E-state index >= 15 is 0 Å².